The van der Waals surface area contributed by atoms with Crippen LogP contribution in [-0.2, 0) is 11.2 Å². The molecule has 0 spiro atoms. The Kier molecular flexibility index (Phi) is 4.70. The number of carbonyl (C=O) groups excluding carboxylic acids is 1. The van der Waals surface area contributed by atoms with Gasteiger partial charge in [-0.2, -0.15) is 0 Å². The van der Waals surface area contributed by atoms with Gasteiger partial charge in [-0.1, -0.05) is 12.1 Å². The molecule has 0 saturated carbocycles. The average Bonchev–Trinajstić information content (AvgIpc) is 2.90. The van der Waals surface area contributed by atoms with Gasteiger partial charge in [-0.25, -0.2) is 9.37 Å². The molecule has 3 N–H and O–H groups in total. The van der Waals surface area contributed by atoms with Crippen LogP contribution in [0.2, 0.25) is 0 Å². The highest BCUT2D eigenvalue weighted by Gasteiger charge is 2.13. The molecule has 20 heavy (non-hydrogen) atoms. The number of imidazole rings is 1. The molecular formula is C14H17FN4O. The molecule has 1 atom stereocenters. The molecule has 5 nitrogen and oxygen atoms in total. The van der Waals surface area contributed by atoms with Crippen molar-refractivity contribution in [2.24, 2.45) is 0 Å². The largest absolute Gasteiger partial charge is 0.381 e. The van der Waals surface area contributed by atoms with Crippen molar-refractivity contribution in [3.8, 4) is 0 Å². The summed E-state index contributed by atoms with van der Waals surface area (Å²) >= 11 is 0. The normalized spacial score (nSPS) is 11.9. The Labute approximate surface area is 116 Å². The van der Waals surface area contributed by atoms with Crippen molar-refractivity contribution in [2.45, 2.75) is 19.4 Å². The van der Waals surface area contributed by atoms with Crippen molar-refractivity contribution in [1.29, 1.82) is 0 Å². The molecule has 1 amide bonds. The van der Waals surface area contributed by atoms with E-state index in [2.05, 4.69) is 20.6 Å². The molecule has 6 heteroatoms. The number of aromatic amines is 1. The van der Waals surface area contributed by atoms with Crippen LogP contribution >= 0.6 is 0 Å². The van der Waals surface area contributed by atoms with E-state index in [9.17, 15) is 9.18 Å². The van der Waals surface area contributed by atoms with Crippen LogP contribution in [0, 0.1) is 5.82 Å². The molecule has 1 aromatic heterocycles. The Morgan fingerprint density at radius 3 is 2.90 bits per heavy atom. The Hall–Kier alpha value is -2.37. The third kappa shape index (κ3) is 4.08. The maximum Gasteiger partial charge on any atom is 0.217 e. The predicted molar refractivity (Wildman–Crippen MR) is 74.8 cm³/mol. The van der Waals surface area contributed by atoms with E-state index in [-0.39, 0.29) is 17.8 Å². The number of hydrogen-bond donors (Lipinski definition) is 3. The molecule has 0 bridgehead atoms. The number of amides is 1. The van der Waals surface area contributed by atoms with E-state index >= 15 is 0 Å². The number of para-hydroxylation sites is 1. The van der Waals surface area contributed by atoms with E-state index in [0.29, 0.717) is 18.7 Å². The predicted octanol–water partition coefficient (Wildman–Crippen LogP) is 1.71. The van der Waals surface area contributed by atoms with Crippen molar-refractivity contribution < 1.29 is 9.18 Å². The lowest BCUT2D eigenvalue weighted by atomic mass is 10.2. The van der Waals surface area contributed by atoms with Gasteiger partial charge in [0.2, 0.25) is 5.91 Å². The summed E-state index contributed by atoms with van der Waals surface area (Å²) in [5.74, 6) is 0.336. The van der Waals surface area contributed by atoms with Gasteiger partial charge in [-0.3, -0.25) is 4.79 Å². The van der Waals surface area contributed by atoms with Crippen LogP contribution in [0.25, 0.3) is 0 Å². The van der Waals surface area contributed by atoms with Crippen LogP contribution < -0.4 is 10.6 Å². The number of nitrogens with one attached hydrogen (secondary N) is 3. The second kappa shape index (κ2) is 6.70. The number of nitrogens with zero attached hydrogens (tertiary/aromatic N) is 1. The van der Waals surface area contributed by atoms with Gasteiger partial charge in [0.05, 0.1) is 11.7 Å². The molecule has 1 aromatic carbocycles. The fraction of sp³-hybridized carbons (Fsp3) is 0.286. The highest BCUT2D eigenvalue weighted by atomic mass is 19.1. The summed E-state index contributed by atoms with van der Waals surface area (Å²) in [5, 5.41) is 5.82. The highest BCUT2D eigenvalue weighted by molar-refractivity contribution is 5.73. The molecule has 0 aliphatic carbocycles. The van der Waals surface area contributed by atoms with Gasteiger partial charge in [-0.05, 0) is 12.1 Å². The van der Waals surface area contributed by atoms with Crippen LogP contribution in [0.3, 0.4) is 0 Å². The zero-order chi connectivity index (χ0) is 14.4. The van der Waals surface area contributed by atoms with Crippen molar-refractivity contribution in [3.05, 3.63) is 48.3 Å². The smallest absolute Gasteiger partial charge is 0.217 e. The van der Waals surface area contributed by atoms with Gasteiger partial charge in [0.1, 0.15) is 11.6 Å². The van der Waals surface area contributed by atoms with Crippen molar-refractivity contribution in [2.75, 3.05) is 11.9 Å². The summed E-state index contributed by atoms with van der Waals surface area (Å²) in [6, 6.07) is 6.27. The number of hydrogen-bond acceptors (Lipinski definition) is 3. The summed E-state index contributed by atoms with van der Waals surface area (Å²) in [6.45, 7) is 1.87. The maximum atomic E-state index is 13.5. The molecule has 0 aliphatic heterocycles. The van der Waals surface area contributed by atoms with Gasteiger partial charge < -0.3 is 15.6 Å². The van der Waals surface area contributed by atoms with E-state index in [1.54, 1.807) is 30.6 Å². The number of halogens is 1. The first kappa shape index (κ1) is 14.0. The number of carbonyl (C=O) groups is 1. The highest BCUT2D eigenvalue weighted by Crippen LogP contribution is 2.12. The Bertz CT molecular complexity index is 556. The standard InChI is InChI=1S/C14H17FN4O/c1-10(20)19-11(8-14-16-6-7-17-14)9-18-13-5-3-2-4-12(13)15/h2-7,11,18H,8-9H2,1H3,(H,16,17)(H,19,20). The number of aromatic nitrogens is 2. The first-order valence-corrected chi connectivity index (χ1v) is 6.39. The Morgan fingerprint density at radius 1 is 1.45 bits per heavy atom. The topological polar surface area (TPSA) is 69.8 Å². The quantitative estimate of drug-likeness (QED) is 0.752. The molecular weight excluding hydrogens is 259 g/mol. The molecule has 0 saturated heterocycles. The van der Waals surface area contributed by atoms with Crippen LogP contribution in [0.15, 0.2) is 36.7 Å². The van der Waals surface area contributed by atoms with Crippen molar-refractivity contribution in [1.82, 2.24) is 15.3 Å². The van der Waals surface area contributed by atoms with Crippen molar-refractivity contribution in [3.63, 3.8) is 0 Å². The zero-order valence-corrected chi connectivity index (χ0v) is 11.2. The minimum atomic E-state index is -0.313. The fourth-order valence-corrected chi connectivity index (χ4v) is 1.94. The summed E-state index contributed by atoms with van der Waals surface area (Å²) in [6.07, 6.45) is 3.93. The number of anilines is 1. The molecule has 0 radical (unpaired) electrons. The third-order valence-corrected chi connectivity index (χ3v) is 2.81. The molecule has 0 fully saturated rings. The van der Waals surface area contributed by atoms with Gasteiger partial charge in [0.25, 0.3) is 0 Å². The first-order chi connectivity index (χ1) is 9.65. The lowest BCUT2D eigenvalue weighted by molar-refractivity contribution is -0.119. The van der Waals surface area contributed by atoms with E-state index < -0.39 is 0 Å². The van der Waals surface area contributed by atoms with Gasteiger partial charge in [0, 0.05) is 32.3 Å². The number of H-pyrrole nitrogens is 1. The summed E-state index contributed by atoms with van der Waals surface area (Å²) in [7, 11) is 0. The second-order valence-electron chi connectivity index (χ2n) is 4.50. The Morgan fingerprint density at radius 2 is 2.25 bits per heavy atom. The maximum absolute atomic E-state index is 13.5. The molecule has 106 valence electrons. The summed E-state index contributed by atoms with van der Waals surface area (Å²) < 4.78 is 13.5. The number of rotatable bonds is 6. The number of benzene rings is 1. The van der Waals surface area contributed by atoms with Gasteiger partial charge >= 0.3 is 0 Å². The molecule has 2 aromatic rings. The fourth-order valence-electron chi connectivity index (χ4n) is 1.94. The summed E-state index contributed by atoms with van der Waals surface area (Å²) in [5.41, 5.74) is 0.419. The molecule has 1 unspecified atom stereocenters. The van der Waals surface area contributed by atoms with E-state index in [4.69, 9.17) is 0 Å². The van der Waals surface area contributed by atoms with Crippen LogP contribution in [0.5, 0.6) is 0 Å². The lowest BCUT2D eigenvalue weighted by Crippen LogP contribution is -2.40. The van der Waals surface area contributed by atoms with Crippen molar-refractivity contribution >= 4 is 11.6 Å². The minimum Gasteiger partial charge on any atom is -0.381 e. The first-order valence-electron chi connectivity index (χ1n) is 6.39. The molecule has 2 rings (SSSR count). The third-order valence-electron chi connectivity index (χ3n) is 2.81. The summed E-state index contributed by atoms with van der Waals surface area (Å²) in [4.78, 5) is 18.3. The second-order valence-corrected chi connectivity index (χ2v) is 4.50. The van der Waals surface area contributed by atoms with Crippen LogP contribution in [0.1, 0.15) is 12.7 Å². The Balaban J connectivity index is 1.97. The monoisotopic (exact) mass is 276 g/mol. The SMILES string of the molecule is CC(=O)NC(CNc1ccccc1F)Cc1ncc[nH]1. The average molecular weight is 276 g/mol. The molecule has 0 aliphatic rings. The van der Waals surface area contributed by atoms with E-state index in [0.717, 1.165) is 5.82 Å². The lowest BCUT2D eigenvalue weighted by Gasteiger charge is -2.18. The van der Waals surface area contributed by atoms with Crippen LogP contribution in [-0.4, -0.2) is 28.5 Å². The van der Waals surface area contributed by atoms with Gasteiger partial charge in [0.15, 0.2) is 0 Å². The van der Waals surface area contributed by atoms with Gasteiger partial charge in [-0.15, -0.1) is 0 Å². The minimum absolute atomic E-state index is 0.128. The molecule has 1 heterocycles. The van der Waals surface area contributed by atoms with E-state index in [1.165, 1.54) is 13.0 Å². The van der Waals surface area contributed by atoms with Crippen LogP contribution in [0.4, 0.5) is 10.1 Å². The van der Waals surface area contributed by atoms with E-state index in [1.807, 2.05) is 0 Å². The zero-order valence-electron chi connectivity index (χ0n) is 11.2.